The topological polar surface area (TPSA) is 87.2 Å². The summed E-state index contributed by atoms with van der Waals surface area (Å²) in [6.07, 6.45) is 2.06. The smallest absolute Gasteiger partial charge is 0.338 e. The Morgan fingerprint density at radius 1 is 0.926 bits per heavy atom. The molecule has 0 atom stereocenters. The van der Waals surface area contributed by atoms with Gasteiger partial charge in [-0.3, -0.25) is 0 Å². The summed E-state index contributed by atoms with van der Waals surface area (Å²) >= 11 is 0. The van der Waals surface area contributed by atoms with Crippen LogP contribution in [0.5, 0.6) is 0 Å². The van der Waals surface area contributed by atoms with E-state index >= 15 is 0 Å². The van der Waals surface area contributed by atoms with Crippen molar-refractivity contribution in [3.63, 3.8) is 0 Å². The zero-order valence-electron chi connectivity index (χ0n) is 15.5. The first-order valence-corrected chi connectivity index (χ1v) is 10.7. The van der Waals surface area contributed by atoms with Crippen molar-refractivity contribution in [1.29, 1.82) is 0 Å². The van der Waals surface area contributed by atoms with Crippen LogP contribution in [0.15, 0.2) is 29.2 Å². The molecule has 148 valence electrons. The third kappa shape index (κ3) is 4.24. The number of ether oxygens (including phenoxy) is 1. The van der Waals surface area contributed by atoms with Crippen molar-refractivity contribution in [2.24, 2.45) is 0 Å². The monoisotopic (exact) mass is 395 g/mol. The van der Waals surface area contributed by atoms with Crippen LogP contribution in [-0.2, 0) is 14.8 Å². The predicted octanol–water partition coefficient (Wildman–Crippen LogP) is 1.39. The second-order valence-corrected chi connectivity index (χ2v) is 8.55. The van der Waals surface area contributed by atoms with E-state index in [0.717, 1.165) is 25.9 Å². The Morgan fingerprint density at radius 2 is 1.48 bits per heavy atom. The van der Waals surface area contributed by atoms with E-state index in [9.17, 15) is 18.0 Å². The van der Waals surface area contributed by atoms with Gasteiger partial charge < -0.3 is 14.5 Å². The number of sulfonamides is 1. The molecular weight excluding hydrogens is 370 g/mol. The van der Waals surface area contributed by atoms with Crippen LogP contribution in [0, 0.1) is 0 Å². The van der Waals surface area contributed by atoms with Crippen LogP contribution in [0.2, 0.25) is 0 Å². The number of hydrogen-bond acceptors (Lipinski definition) is 5. The van der Waals surface area contributed by atoms with Crippen molar-refractivity contribution in [2.45, 2.75) is 24.7 Å². The molecule has 0 aromatic heterocycles. The molecule has 2 aliphatic rings. The highest BCUT2D eigenvalue weighted by atomic mass is 32.2. The minimum atomic E-state index is -3.66. The number of carbonyl (C=O) groups excluding carboxylic acids is 2. The maximum atomic E-state index is 12.8. The van der Waals surface area contributed by atoms with Crippen LogP contribution >= 0.6 is 0 Å². The highest BCUT2D eigenvalue weighted by Crippen LogP contribution is 2.20. The van der Waals surface area contributed by atoms with Crippen LogP contribution in [0.1, 0.15) is 30.1 Å². The van der Waals surface area contributed by atoms with E-state index in [1.807, 2.05) is 4.90 Å². The van der Waals surface area contributed by atoms with E-state index in [4.69, 9.17) is 4.74 Å². The summed E-state index contributed by atoms with van der Waals surface area (Å²) in [5.41, 5.74) is 0.317. The number of amides is 2. The average molecular weight is 395 g/mol. The fraction of sp³-hybridized carbons (Fsp3) is 0.556. The zero-order chi connectivity index (χ0) is 19.4. The molecule has 2 aliphatic heterocycles. The lowest BCUT2D eigenvalue weighted by molar-refractivity contribution is 0.0526. The number of piperazine rings is 1. The third-order valence-electron chi connectivity index (χ3n) is 4.89. The van der Waals surface area contributed by atoms with E-state index in [-0.39, 0.29) is 30.6 Å². The van der Waals surface area contributed by atoms with E-state index < -0.39 is 16.0 Å². The summed E-state index contributed by atoms with van der Waals surface area (Å²) in [4.78, 5) is 27.8. The first kappa shape index (κ1) is 19.6. The van der Waals surface area contributed by atoms with Gasteiger partial charge in [0.2, 0.25) is 10.0 Å². The maximum Gasteiger partial charge on any atom is 0.338 e. The molecule has 0 N–H and O–H groups in total. The van der Waals surface area contributed by atoms with E-state index in [2.05, 4.69) is 0 Å². The van der Waals surface area contributed by atoms with Crippen LogP contribution in [-0.4, -0.2) is 80.4 Å². The number of benzene rings is 1. The zero-order valence-corrected chi connectivity index (χ0v) is 16.3. The summed E-state index contributed by atoms with van der Waals surface area (Å²) < 4.78 is 31.9. The summed E-state index contributed by atoms with van der Waals surface area (Å²) in [5.74, 6) is -0.476. The molecule has 2 amide bonds. The highest BCUT2D eigenvalue weighted by Gasteiger charge is 2.32. The van der Waals surface area contributed by atoms with Gasteiger partial charge in [0.1, 0.15) is 0 Å². The quantitative estimate of drug-likeness (QED) is 0.719. The molecule has 27 heavy (non-hydrogen) atoms. The van der Waals surface area contributed by atoms with Crippen molar-refractivity contribution >= 4 is 22.0 Å². The molecule has 1 aromatic rings. The first-order valence-electron chi connectivity index (χ1n) is 9.24. The summed E-state index contributed by atoms with van der Waals surface area (Å²) in [5, 5.41) is 0. The van der Waals surface area contributed by atoms with Crippen molar-refractivity contribution in [3.05, 3.63) is 29.8 Å². The van der Waals surface area contributed by atoms with Gasteiger partial charge >= 0.3 is 12.0 Å². The number of carbonyl (C=O) groups is 2. The minimum Gasteiger partial charge on any atom is -0.462 e. The van der Waals surface area contributed by atoms with E-state index in [1.54, 1.807) is 11.8 Å². The molecule has 0 spiro atoms. The molecule has 0 radical (unpaired) electrons. The Morgan fingerprint density at radius 3 is 2.04 bits per heavy atom. The Balaban J connectivity index is 1.62. The molecule has 2 heterocycles. The number of nitrogens with zero attached hydrogens (tertiary/aromatic N) is 3. The molecule has 0 saturated carbocycles. The fourth-order valence-electron chi connectivity index (χ4n) is 3.35. The normalized spacial score (nSPS) is 18.6. The SMILES string of the molecule is CCOC(=O)c1ccc(S(=O)(=O)N2CCN(C(=O)N3CCCC3)CC2)cc1. The Hall–Kier alpha value is -2.13. The van der Waals surface area contributed by atoms with Gasteiger partial charge in [0.25, 0.3) is 0 Å². The average Bonchev–Trinajstić information content (AvgIpc) is 3.22. The Bertz CT molecular complexity index is 780. The van der Waals surface area contributed by atoms with Crippen molar-refractivity contribution in [2.75, 3.05) is 45.9 Å². The lowest BCUT2D eigenvalue weighted by Crippen LogP contribution is -2.53. The van der Waals surface area contributed by atoms with Gasteiger partial charge in [0.15, 0.2) is 0 Å². The number of urea groups is 1. The number of hydrogen-bond donors (Lipinski definition) is 0. The second-order valence-electron chi connectivity index (χ2n) is 6.61. The van der Waals surface area contributed by atoms with Crippen LogP contribution < -0.4 is 0 Å². The molecule has 2 fully saturated rings. The lowest BCUT2D eigenvalue weighted by Gasteiger charge is -2.36. The van der Waals surface area contributed by atoms with Crippen LogP contribution in [0.3, 0.4) is 0 Å². The molecule has 9 heteroatoms. The van der Waals surface area contributed by atoms with Crippen LogP contribution in [0.4, 0.5) is 4.79 Å². The Kier molecular flexibility index (Phi) is 6.01. The minimum absolute atomic E-state index is 0.00309. The van der Waals surface area contributed by atoms with E-state index in [1.165, 1.54) is 28.6 Å². The van der Waals surface area contributed by atoms with Gasteiger partial charge in [-0.1, -0.05) is 0 Å². The van der Waals surface area contributed by atoms with Gasteiger partial charge in [-0.25, -0.2) is 18.0 Å². The molecular formula is C18H25N3O5S. The predicted molar refractivity (Wildman–Crippen MR) is 98.9 cm³/mol. The molecule has 0 unspecified atom stereocenters. The summed E-state index contributed by atoms with van der Waals surface area (Å²) in [6.45, 7) is 4.84. The number of rotatable bonds is 4. The van der Waals surface area contributed by atoms with Crippen molar-refractivity contribution in [3.8, 4) is 0 Å². The second kappa shape index (κ2) is 8.26. The maximum absolute atomic E-state index is 12.8. The van der Waals surface area contributed by atoms with Gasteiger partial charge in [-0.05, 0) is 44.0 Å². The van der Waals surface area contributed by atoms with Gasteiger partial charge in [-0.2, -0.15) is 4.31 Å². The summed E-state index contributed by atoms with van der Waals surface area (Å²) in [7, 11) is -3.66. The van der Waals surface area contributed by atoms with Crippen molar-refractivity contribution in [1.82, 2.24) is 14.1 Å². The Labute approximate surface area is 159 Å². The van der Waals surface area contributed by atoms with Crippen LogP contribution in [0.25, 0.3) is 0 Å². The fourth-order valence-corrected chi connectivity index (χ4v) is 4.78. The standard InChI is InChI=1S/C18H25N3O5S/c1-2-26-17(22)15-5-7-16(8-6-15)27(24,25)21-13-11-20(12-14-21)18(23)19-9-3-4-10-19/h5-8H,2-4,9-14H2,1H3. The third-order valence-corrected chi connectivity index (χ3v) is 6.80. The highest BCUT2D eigenvalue weighted by molar-refractivity contribution is 7.89. The number of likely N-dealkylation sites (tertiary alicyclic amines) is 1. The largest absolute Gasteiger partial charge is 0.462 e. The molecule has 2 saturated heterocycles. The number of esters is 1. The molecule has 1 aromatic carbocycles. The van der Waals surface area contributed by atoms with Crippen molar-refractivity contribution < 1.29 is 22.7 Å². The van der Waals surface area contributed by atoms with Gasteiger partial charge in [0.05, 0.1) is 17.1 Å². The van der Waals surface area contributed by atoms with Gasteiger partial charge in [-0.15, -0.1) is 0 Å². The van der Waals surface area contributed by atoms with E-state index in [0.29, 0.717) is 18.7 Å². The molecule has 0 aliphatic carbocycles. The molecule has 0 bridgehead atoms. The lowest BCUT2D eigenvalue weighted by atomic mass is 10.2. The van der Waals surface area contributed by atoms with Gasteiger partial charge in [0, 0.05) is 39.3 Å². The molecule has 8 nitrogen and oxygen atoms in total. The molecule has 3 rings (SSSR count). The first-order chi connectivity index (χ1) is 12.9. The summed E-state index contributed by atoms with van der Waals surface area (Å²) in [6, 6.07) is 5.76.